The third-order valence-corrected chi connectivity index (χ3v) is 3.66. The highest BCUT2D eigenvalue weighted by Crippen LogP contribution is 2.30. The Kier molecular flexibility index (Phi) is 2.99. The number of hydrogen-bond donors (Lipinski definition) is 1. The molecule has 2 aromatic rings. The summed E-state index contributed by atoms with van der Waals surface area (Å²) >= 11 is 0. The second-order valence-corrected chi connectivity index (χ2v) is 4.83. The minimum Gasteiger partial charge on any atom is -0.368 e. The van der Waals surface area contributed by atoms with E-state index in [0.29, 0.717) is 0 Å². The van der Waals surface area contributed by atoms with Crippen LogP contribution in [-0.2, 0) is 4.79 Å². The summed E-state index contributed by atoms with van der Waals surface area (Å²) < 4.78 is 2.06. The molecule has 0 unspecified atom stereocenters. The van der Waals surface area contributed by atoms with E-state index in [2.05, 4.69) is 21.6 Å². The molecular weight excluding hydrogens is 238 g/mol. The van der Waals surface area contributed by atoms with Crippen molar-refractivity contribution in [2.75, 3.05) is 11.4 Å². The molecule has 0 radical (unpaired) electrons. The predicted octanol–water partition coefficient (Wildman–Crippen LogP) is 1.93. The van der Waals surface area contributed by atoms with E-state index in [1.54, 1.807) is 0 Å². The highest BCUT2D eigenvalue weighted by molar-refractivity contribution is 5.85. The topological polar surface area (TPSA) is 51.3 Å². The van der Waals surface area contributed by atoms with Gasteiger partial charge in [0.25, 0.3) is 0 Å². The van der Waals surface area contributed by atoms with E-state index in [4.69, 9.17) is 5.73 Å². The van der Waals surface area contributed by atoms with Gasteiger partial charge in [-0.2, -0.15) is 0 Å². The maximum Gasteiger partial charge on any atom is 0.240 e. The third kappa shape index (κ3) is 2.10. The highest BCUT2D eigenvalue weighted by Gasteiger charge is 2.30. The number of amides is 1. The maximum absolute atomic E-state index is 11.6. The average molecular weight is 255 g/mol. The molecule has 19 heavy (non-hydrogen) atoms. The minimum atomic E-state index is -0.236. The molecule has 1 saturated heterocycles. The number of anilines is 1. The van der Waals surface area contributed by atoms with Crippen molar-refractivity contribution in [1.29, 1.82) is 0 Å². The van der Waals surface area contributed by atoms with Crippen LogP contribution in [0, 0.1) is 0 Å². The number of rotatable bonds is 3. The second kappa shape index (κ2) is 4.80. The van der Waals surface area contributed by atoms with Gasteiger partial charge in [0.05, 0.1) is 11.4 Å². The van der Waals surface area contributed by atoms with Crippen LogP contribution in [0.25, 0.3) is 5.69 Å². The van der Waals surface area contributed by atoms with E-state index in [1.165, 1.54) is 0 Å². The van der Waals surface area contributed by atoms with Crippen LogP contribution in [0.5, 0.6) is 0 Å². The number of para-hydroxylation sites is 2. The molecule has 0 bridgehead atoms. The lowest BCUT2D eigenvalue weighted by molar-refractivity contribution is -0.119. The summed E-state index contributed by atoms with van der Waals surface area (Å²) in [5, 5.41) is 0. The molecule has 0 spiro atoms. The van der Waals surface area contributed by atoms with Crippen LogP contribution < -0.4 is 10.6 Å². The first-order valence-corrected chi connectivity index (χ1v) is 6.56. The molecular formula is C15H17N3O. The van der Waals surface area contributed by atoms with Gasteiger partial charge in [-0.25, -0.2) is 0 Å². The molecule has 0 saturated carbocycles. The van der Waals surface area contributed by atoms with Crippen molar-refractivity contribution in [2.45, 2.75) is 18.9 Å². The van der Waals surface area contributed by atoms with Crippen LogP contribution in [0.2, 0.25) is 0 Å². The number of aromatic nitrogens is 1. The van der Waals surface area contributed by atoms with Gasteiger partial charge in [0.1, 0.15) is 6.04 Å². The Morgan fingerprint density at radius 2 is 1.79 bits per heavy atom. The summed E-state index contributed by atoms with van der Waals surface area (Å²) in [5.41, 5.74) is 7.66. The summed E-state index contributed by atoms with van der Waals surface area (Å²) in [5.74, 6) is -0.236. The number of nitrogens with two attached hydrogens (primary N) is 1. The lowest BCUT2D eigenvalue weighted by Crippen LogP contribution is -2.40. The average Bonchev–Trinajstić information content (AvgIpc) is 3.10. The number of carbonyl (C=O) groups excluding carboxylic acids is 1. The van der Waals surface area contributed by atoms with Crippen molar-refractivity contribution >= 4 is 11.6 Å². The van der Waals surface area contributed by atoms with Crippen LogP contribution in [0.4, 0.5) is 5.69 Å². The molecule has 2 heterocycles. The molecule has 3 rings (SSSR count). The van der Waals surface area contributed by atoms with Crippen LogP contribution in [-0.4, -0.2) is 23.1 Å². The fourth-order valence-corrected chi connectivity index (χ4v) is 2.77. The van der Waals surface area contributed by atoms with Crippen molar-refractivity contribution in [3.8, 4) is 5.69 Å². The van der Waals surface area contributed by atoms with E-state index < -0.39 is 0 Å². The zero-order chi connectivity index (χ0) is 13.2. The first-order chi connectivity index (χ1) is 9.27. The lowest BCUT2D eigenvalue weighted by atomic mass is 10.2. The number of nitrogens with zero attached hydrogens (tertiary/aromatic N) is 2. The van der Waals surface area contributed by atoms with Gasteiger partial charge in [0, 0.05) is 18.9 Å². The molecule has 1 aromatic heterocycles. The number of carbonyl (C=O) groups is 1. The molecule has 1 amide bonds. The van der Waals surface area contributed by atoms with E-state index in [0.717, 1.165) is 30.8 Å². The molecule has 98 valence electrons. The standard InChI is InChI=1S/C15H17N3O/c16-15(19)14-8-5-11-18(14)13-7-2-1-6-12(13)17-9-3-4-10-17/h1-4,6-7,9-10,14H,5,8,11H2,(H2,16,19)/t14-/m0/s1. The summed E-state index contributed by atoms with van der Waals surface area (Å²) in [6.45, 7) is 0.881. The number of benzene rings is 1. The molecule has 0 aliphatic carbocycles. The van der Waals surface area contributed by atoms with Crippen LogP contribution in [0.15, 0.2) is 48.8 Å². The van der Waals surface area contributed by atoms with Crippen molar-refractivity contribution in [1.82, 2.24) is 4.57 Å². The van der Waals surface area contributed by atoms with Crippen LogP contribution in [0.3, 0.4) is 0 Å². The minimum absolute atomic E-state index is 0.184. The van der Waals surface area contributed by atoms with Gasteiger partial charge in [-0.3, -0.25) is 4.79 Å². The Morgan fingerprint density at radius 1 is 1.11 bits per heavy atom. The van der Waals surface area contributed by atoms with Gasteiger partial charge in [0.2, 0.25) is 5.91 Å². The maximum atomic E-state index is 11.6. The molecule has 4 nitrogen and oxygen atoms in total. The smallest absolute Gasteiger partial charge is 0.240 e. The Labute approximate surface area is 112 Å². The van der Waals surface area contributed by atoms with E-state index in [9.17, 15) is 4.79 Å². The summed E-state index contributed by atoms with van der Waals surface area (Å²) in [4.78, 5) is 13.7. The molecule has 1 aliphatic heterocycles. The Balaban J connectivity index is 2.03. The first kappa shape index (κ1) is 11.8. The Morgan fingerprint density at radius 3 is 2.47 bits per heavy atom. The van der Waals surface area contributed by atoms with Gasteiger partial charge < -0.3 is 15.2 Å². The molecule has 4 heteroatoms. The summed E-state index contributed by atoms with van der Waals surface area (Å²) in [6.07, 6.45) is 5.87. The van der Waals surface area contributed by atoms with Crippen molar-refractivity contribution < 1.29 is 4.79 Å². The normalized spacial score (nSPS) is 18.7. The predicted molar refractivity (Wildman–Crippen MR) is 75.3 cm³/mol. The van der Waals surface area contributed by atoms with Gasteiger partial charge >= 0.3 is 0 Å². The quantitative estimate of drug-likeness (QED) is 0.911. The van der Waals surface area contributed by atoms with Gasteiger partial charge in [0.15, 0.2) is 0 Å². The molecule has 1 aliphatic rings. The van der Waals surface area contributed by atoms with Crippen LogP contribution >= 0.6 is 0 Å². The van der Waals surface area contributed by atoms with Gasteiger partial charge in [-0.15, -0.1) is 0 Å². The molecule has 1 aromatic carbocycles. The van der Waals surface area contributed by atoms with Crippen molar-refractivity contribution in [2.24, 2.45) is 5.73 Å². The van der Waals surface area contributed by atoms with E-state index >= 15 is 0 Å². The second-order valence-electron chi connectivity index (χ2n) is 4.83. The Bertz CT molecular complexity index is 577. The largest absolute Gasteiger partial charge is 0.368 e. The van der Waals surface area contributed by atoms with Gasteiger partial charge in [-0.1, -0.05) is 12.1 Å². The van der Waals surface area contributed by atoms with Crippen molar-refractivity contribution in [3.05, 3.63) is 48.8 Å². The fourth-order valence-electron chi connectivity index (χ4n) is 2.77. The number of hydrogen-bond acceptors (Lipinski definition) is 2. The summed E-state index contributed by atoms with van der Waals surface area (Å²) in [6, 6.07) is 11.9. The van der Waals surface area contributed by atoms with E-state index in [1.807, 2.05) is 36.7 Å². The Hall–Kier alpha value is -2.23. The zero-order valence-electron chi connectivity index (χ0n) is 10.7. The SMILES string of the molecule is NC(=O)[C@@H]1CCCN1c1ccccc1-n1cccc1. The van der Waals surface area contributed by atoms with E-state index in [-0.39, 0.29) is 11.9 Å². The number of primary amides is 1. The van der Waals surface area contributed by atoms with Crippen LogP contribution in [0.1, 0.15) is 12.8 Å². The third-order valence-electron chi connectivity index (χ3n) is 3.66. The molecule has 1 atom stereocenters. The van der Waals surface area contributed by atoms with Gasteiger partial charge in [-0.05, 0) is 37.1 Å². The first-order valence-electron chi connectivity index (χ1n) is 6.56. The van der Waals surface area contributed by atoms with Crippen molar-refractivity contribution in [3.63, 3.8) is 0 Å². The fraction of sp³-hybridized carbons (Fsp3) is 0.267. The summed E-state index contributed by atoms with van der Waals surface area (Å²) in [7, 11) is 0. The molecule has 2 N–H and O–H groups in total. The lowest BCUT2D eigenvalue weighted by Gasteiger charge is -2.27. The monoisotopic (exact) mass is 255 g/mol. The zero-order valence-corrected chi connectivity index (χ0v) is 10.7. The highest BCUT2D eigenvalue weighted by atomic mass is 16.1. The molecule has 1 fully saturated rings.